The van der Waals surface area contributed by atoms with Gasteiger partial charge in [-0.2, -0.15) is 0 Å². The Balaban J connectivity index is 0.979. The number of allylic oxidation sites excluding steroid dienone is 2. The lowest BCUT2D eigenvalue weighted by Crippen LogP contribution is -2.19. The topological polar surface area (TPSA) is 47.9 Å². The monoisotopic (exact) mass is 703 g/mol. The number of benzene rings is 8. The average Bonchev–Trinajstić information content (AvgIpc) is 3.65. The van der Waals surface area contributed by atoms with E-state index in [-0.39, 0.29) is 12.0 Å². The molecule has 11 rings (SSSR count). The molecule has 1 aromatic heterocycles. The predicted molar refractivity (Wildman–Crippen MR) is 225 cm³/mol. The Morgan fingerprint density at radius 3 is 1.51 bits per heavy atom. The van der Waals surface area contributed by atoms with Crippen LogP contribution in [-0.2, 0) is 0 Å². The first-order valence-corrected chi connectivity index (χ1v) is 18.7. The number of aromatic nitrogens is 3. The van der Waals surface area contributed by atoms with Crippen molar-refractivity contribution in [1.29, 1.82) is 0 Å². The van der Waals surface area contributed by atoms with Crippen LogP contribution in [0.3, 0.4) is 0 Å². The van der Waals surface area contributed by atoms with E-state index in [0.29, 0.717) is 17.5 Å². The Hall–Kier alpha value is -7.17. The molecule has 258 valence electrons. The second-order valence-electron chi connectivity index (χ2n) is 14.4. The second-order valence-corrected chi connectivity index (χ2v) is 14.4. The van der Waals surface area contributed by atoms with Gasteiger partial charge in [-0.25, -0.2) is 15.0 Å². The number of fused-ring (bicyclic) bond motifs is 6. The minimum absolute atomic E-state index is 0.0141. The highest BCUT2D eigenvalue weighted by molar-refractivity contribution is 5.92. The van der Waals surface area contributed by atoms with Gasteiger partial charge >= 0.3 is 0 Å². The van der Waals surface area contributed by atoms with Crippen LogP contribution in [0.25, 0.3) is 83.2 Å². The van der Waals surface area contributed by atoms with Gasteiger partial charge in [0.2, 0.25) is 0 Å². The molecule has 9 aromatic rings. The van der Waals surface area contributed by atoms with E-state index in [1.807, 2.05) is 6.07 Å². The Morgan fingerprint density at radius 1 is 0.382 bits per heavy atom. The largest absolute Gasteiger partial charge is 0.485 e. The number of hydrogen-bond acceptors (Lipinski definition) is 4. The fraction of sp³-hybridized carbons (Fsp3) is 0.0392. The summed E-state index contributed by atoms with van der Waals surface area (Å²) in [5.74, 6) is 3.07. The molecule has 0 spiro atoms. The molecule has 2 unspecified atom stereocenters. The maximum atomic E-state index is 6.31. The molecule has 8 aromatic carbocycles. The van der Waals surface area contributed by atoms with Crippen molar-refractivity contribution in [1.82, 2.24) is 15.0 Å². The van der Waals surface area contributed by atoms with Gasteiger partial charge in [0.1, 0.15) is 11.9 Å². The van der Waals surface area contributed by atoms with Gasteiger partial charge in [-0.15, -0.1) is 0 Å². The van der Waals surface area contributed by atoms with Gasteiger partial charge in [0.15, 0.2) is 17.5 Å². The first-order valence-electron chi connectivity index (χ1n) is 18.7. The summed E-state index contributed by atoms with van der Waals surface area (Å²) in [4.78, 5) is 15.3. The van der Waals surface area contributed by atoms with Gasteiger partial charge < -0.3 is 4.74 Å². The molecule has 0 saturated carbocycles. The molecule has 0 N–H and O–H groups in total. The fourth-order valence-corrected chi connectivity index (χ4v) is 8.22. The zero-order valence-electron chi connectivity index (χ0n) is 29.8. The number of ether oxygens (including phenoxy) is 1. The third-order valence-corrected chi connectivity index (χ3v) is 11.1. The molecular weight excluding hydrogens is 671 g/mol. The summed E-state index contributed by atoms with van der Waals surface area (Å²) in [6.45, 7) is 0. The first-order chi connectivity index (χ1) is 27.2. The molecule has 0 saturated heterocycles. The van der Waals surface area contributed by atoms with Crippen molar-refractivity contribution in [2.45, 2.75) is 12.0 Å². The van der Waals surface area contributed by atoms with Gasteiger partial charge in [0.25, 0.3) is 0 Å². The smallest absolute Gasteiger partial charge is 0.164 e. The van der Waals surface area contributed by atoms with Crippen molar-refractivity contribution in [3.05, 3.63) is 199 Å². The number of rotatable bonds is 5. The normalized spacial score (nSPS) is 15.8. The summed E-state index contributed by atoms with van der Waals surface area (Å²) in [5, 5.41) is 7.07. The SMILES string of the molecule is C1=CC2Oc3ccccc3C2C(c2ccc3cc(-c4nc(-c5ccc(-c6ccc7ccccc7c6)cc5)nc(-c5ccc6ccccc6c5)n4)ccc3c2)=C1. The van der Waals surface area contributed by atoms with Crippen LogP contribution < -0.4 is 4.74 Å². The quantitative estimate of drug-likeness (QED) is 0.179. The summed E-state index contributed by atoms with van der Waals surface area (Å²) in [5.41, 5.74) is 8.87. The van der Waals surface area contributed by atoms with Gasteiger partial charge in [0.05, 0.1) is 5.92 Å². The van der Waals surface area contributed by atoms with Crippen LogP contribution in [0.15, 0.2) is 188 Å². The highest BCUT2D eigenvalue weighted by Gasteiger charge is 2.36. The van der Waals surface area contributed by atoms with Gasteiger partial charge in [-0.1, -0.05) is 152 Å². The summed E-state index contributed by atoms with van der Waals surface area (Å²) in [6, 6.07) is 60.0. The number of para-hydroxylation sites is 1. The molecule has 2 atom stereocenters. The molecule has 0 radical (unpaired) electrons. The van der Waals surface area contributed by atoms with Crippen LogP contribution >= 0.6 is 0 Å². The molecule has 2 aliphatic rings. The number of nitrogens with zero attached hydrogens (tertiary/aromatic N) is 3. The highest BCUT2D eigenvalue weighted by atomic mass is 16.5. The predicted octanol–water partition coefficient (Wildman–Crippen LogP) is 12.5. The summed E-state index contributed by atoms with van der Waals surface area (Å²) >= 11 is 0. The van der Waals surface area contributed by atoms with Crippen LogP contribution in [0.1, 0.15) is 17.0 Å². The van der Waals surface area contributed by atoms with E-state index >= 15 is 0 Å². The van der Waals surface area contributed by atoms with E-state index < -0.39 is 0 Å². The maximum Gasteiger partial charge on any atom is 0.164 e. The van der Waals surface area contributed by atoms with E-state index in [2.05, 4.69) is 182 Å². The molecule has 0 fully saturated rings. The standard InChI is InChI=1S/C51H33N3O/c1-3-10-36-28-38(22-18-32(36)8-1)34-16-20-35(21-17-34)49-52-50(42-26-19-33-9-2-4-11-37(33)30-42)54-51(53-49)43-27-24-39-29-41(25-23-40(39)31-43)44-13-7-15-47-48(44)45-12-5-6-14-46(45)55-47/h1-31,47-48H. The zero-order valence-corrected chi connectivity index (χ0v) is 29.8. The molecule has 1 aliphatic heterocycles. The van der Waals surface area contributed by atoms with Crippen molar-refractivity contribution in [2.75, 3.05) is 0 Å². The highest BCUT2D eigenvalue weighted by Crippen LogP contribution is 2.48. The molecule has 4 heteroatoms. The molecule has 2 heterocycles. The van der Waals surface area contributed by atoms with Gasteiger partial charge in [-0.3, -0.25) is 0 Å². The summed E-state index contributed by atoms with van der Waals surface area (Å²) in [6.07, 6.45) is 6.53. The second kappa shape index (κ2) is 12.8. The Bertz CT molecular complexity index is 3030. The van der Waals surface area contributed by atoms with E-state index in [1.165, 1.54) is 38.4 Å². The van der Waals surface area contributed by atoms with E-state index in [1.54, 1.807) is 0 Å². The lowest BCUT2D eigenvalue weighted by molar-refractivity contribution is 0.271. The Morgan fingerprint density at radius 2 is 0.836 bits per heavy atom. The summed E-state index contributed by atoms with van der Waals surface area (Å²) < 4.78 is 6.31. The van der Waals surface area contributed by atoms with Crippen LogP contribution in [0.4, 0.5) is 0 Å². The minimum Gasteiger partial charge on any atom is -0.485 e. The van der Waals surface area contributed by atoms with E-state index in [9.17, 15) is 0 Å². The fourth-order valence-electron chi connectivity index (χ4n) is 8.22. The maximum absolute atomic E-state index is 6.31. The van der Waals surface area contributed by atoms with Crippen LogP contribution in [0.2, 0.25) is 0 Å². The lowest BCUT2D eigenvalue weighted by atomic mass is 9.81. The molecule has 0 bridgehead atoms. The first kappa shape index (κ1) is 31.4. The van der Waals surface area contributed by atoms with Gasteiger partial charge in [-0.05, 0) is 91.0 Å². The van der Waals surface area contributed by atoms with Crippen molar-refractivity contribution in [3.63, 3.8) is 0 Å². The molecular formula is C51H33N3O. The van der Waals surface area contributed by atoms with Crippen molar-refractivity contribution < 1.29 is 4.74 Å². The van der Waals surface area contributed by atoms with Crippen LogP contribution in [0.5, 0.6) is 5.75 Å². The third kappa shape index (κ3) is 5.58. The number of hydrogen-bond donors (Lipinski definition) is 0. The molecule has 0 amide bonds. The lowest BCUT2D eigenvalue weighted by Gasteiger charge is -2.23. The minimum atomic E-state index is 0.0141. The summed E-state index contributed by atoms with van der Waals surface area (Å²) in [7, 11) is 0. The van der Waals surface area contributed by atoms with Crippen molar-refractivity contribution in [3.8, 4) is 51.0 Å². The average molecular weight is 704 g/mol. The van der Waals surface area contributed by atoms with E-state index in [4.69, 9.17) is 19.7 Å². The molecule has 1 aliphatic carbocycles. The molecule has 4 nitrogen and oxygen atoms in total. The third-order valence-electron chi connectivity index (χ3n) is 11.1. The zero-order chi connectivity index (χ0) is 36.3. The van der Waals surface area contributed by atoms with Crippen LogP contribution in [-0.4, -0.2) is 21.1 Å². The van der Waals surface area contributed by atoms with Gasteiger partial charge in [0, 0.05) is 22.3 Å². The Kier molecular flexibility index (Phi) is 7.27. The van der Waals surface area contributed by atoms with Crippen molar-refractivity contribution in [2.24, 2.45) is 0 Å². The molecule has 55 heavy (non-hydrogen) atoms. The Labute approximate surface area is 318 Å². The van der Waals surface area contributed by atoms with Crippen molar-refractivity contribution >= 4 is 37.9 Å². The van der Waals surface area contributed by atoms with E-state index in [0.717, 1.165) is 44.2 Å². The van der Waals surface area contributed by atoms with Crippen LogP contribution in [0, 0.1) is 0 Å².